The first-order chi connectivity index (χ1) is 11.9. The van der Waals surface area contributed by atoms with Gasteiger partial charge in [-0.25, -0.2) is 0 Å². The van der Waals surface area contributed by atoms with Gasteiger partial charge in [0.05, 0.1) is 11.3 Å². The molecule has 2 aromatic carbocycles. The van der Waals surface area contributed by atoms with E-state index < -0.39 is 0 Å². The molecule has 3 aromatic rings. The van der Waals surface area contributed by atoms with Gasteiger partial charge in [0.2, 0.25) is 0 Å². The molecule has 1 aromatic heterocycles. The Morgan fingerprint density at radius 3 is 2.42 bits per heavy atom. The number of aryl methyl sites for hydroxylation is 2. The van der Waals surface area contributed by atoms with Crippen LogP contribution in [0.3, 0.4) is 0 Å². The monoisotopic (exact) mass is 525 g/mol. The van der Waals surface area contributed by atoms with E-state index in [0.29, 0.717) is 0 Å². The van der Waals surface area contributed by atoms with Crippen LogP contribution in [-0.2, 0) is 24.9 Å². The number of benzene rings is 2. The number of aliphatic hydroxyl groups excluding tert-OH is 1. The minimum absolute atomic E-state index is 0. The van der Waals surface area contributed by atoms with Crippen molar-refractivity contribution in [3.63, 3.8) is 0 Å². The summed E-state index contributed by atoms with van der Waals surface area (Å²) in [4.78, 5) is 14.7. The van der Waals surface area contributed by atoms with Crippen molar-refractivity contribution in [1.82, 2.24) is 4.98 Å². The molecule has 0 aliphatic heterocycles. The molecule has 0 aliphatic carbocycles. The second kappa shape index (κ2) is 10.0. The number of carbonyl (C=O) groups excluding carboxylic acids is 1. The Bertz CT molecular complexity index is 928. The molecule has 0 fully saturated rings. The standard InChI is InChI=1S/C17H14N.C5H8O2.Ir/c1-12-7-9-16-14(11-12)8-10-17(18-16)15-6-4-3-5-13(15)2;1-4(6)3-5(2)7;/h3-5,7-11H,1-2H3;3,6H,1-2H3;/q-1;;/b;4-3-;. The van der Waals surface area contributed by atoms with Crippen molar-refractivity contribution in [2.45, 2.75) is 27.7 Å². The van der Waals surface area contributed by atoms with E-state index in [1.54, 1.807) is 0 Å². The summed E-state index contributed by atoms with van der Waals surface area (Å²) in [7, 11) is 0. The van der Waals surface area contributed by atoms with Crippen LogP contribution in [-0.4, -0.2) is 15.9 Å². The predicted molar refractivity (Wildman–Crippen MR) is 103 cm³/mol. The van der Waals surface area contributed by atoms with Gasteiger partial charge in [0, 0.05) is 26.2 Å². The molecule has 0 atom stereocenters. The average Bonchev–Trinajstić information content (AvgIpc) is 2.54. The zero-order valence-corrected chi connectivity index (χ0v) is 17.7. The predicted octanol–water partition coefficient (Wildman–Crippen LogP) is 5.35. The van der Waals surface area contributed by atoms with E-state index in [4.69, 9.17) is 10.1 Å². The zero-order valence-electron chi connectivity index (χ0n) is 15.3. The van der Waals surface area contributed by atoms with Crippen LogP contribution in [0.25, 0.3) is 22.2 Å². The maximum absolute atomic E-state index is 10.0. The summed E-state index contributed by atoms with van der Waals surface area (Å²) >= 11 is 0. The quantitative estimate of drug-likeness (QED) is 0.279. The van der Waals surface area contributed by atoms with Gasteiger partial charge < -0.3 is 5.11 Å². The van der Waals surface area contributed by atoms with Crippen LogP contribution in [0.15, 0.2) is 60.4 Å². The van der Waals surface area contributed by atoms with Crippen molar-refractivity contribution >= 4 is 16.7 Å². The van der Waals surface area contributed by atoms with E-state index in [2.05, 4.69) is 56.3 Å². The molecule has 1 heterocycles. The molecular weight excluding hydrogens is 502 g/mol. The average molecular weight is 525 g/mol. The topological polar surface area (TPSA) is 50.2 Å². The number of rotatable bonds is 2. The van der Waals surface area contributed by atoms with Crippen molar-refractivity contribution in [2.75, 3.05) is 0 Å². The second-order valence-corrected chi connectivity index (χ2v) is 6.02. The molecule has 0 amide bonds. The van der Waals surface area contributed by atoms with Crippen LogP contribution in [0.5, 0.6) is 0 Å². The molecule has 1 N–H and O–H groups in total. The number of aliphatic hydroxyl groups is 1. The molecule has 4 heteroatoms. The van der Waals surface area contributed by atoms with Crippen molar-refractivity contribution in [2.24, 2.45) is 0 Å². The van der Waals surface area contributed by atoms with Crippen LogP contribution in [0.4, 0.5) is 0 Å². The molecule has 137 valence electrons. The molecule has 0 spiro atoms. The Hall–Kier alpha value is -2.29. The second-order valence-electron chi connectivity index (χ2n) is 6.02. The summed E-state index contributed by atoms with van der Waals surface area (Å²) in [6, 6.07) is 19.8. The molecule has 0 unspecified atom stereocenters. The van der Waals surface area contributed by atoms with Crippen LogP contribution >= 0.6 is 0 Å². The molecule has 3 nitrogen and oxygen atoms in total. The molecule has 1 radical (unpaired) electrons. The Morgan fingerprint density at radius 2 is 1.85 bits per heavy atom. The summed E-state index contributed by atoms with van der Waals surface area (Å²) in [6.07, 6.45) is 1.17. The van der Waals surface area contributed by atoms with Gasteiger partial charge in [-0.3, -0.25) is 9.78 Å². The van der Waals surface area contributed by atoms with E-state index >= 15 is 0 Å². The third-order valence-electron chi connectivity index (χ3n) is 3.58. The number of carbonyl (C=O) groups is 1. The van der Waals surface area contributed by atoms with Gasteiger partial charge in [0.15, 0.2) is 5.78 Å². The van der Waals surface area contributed by atoms with Gasteiger partial charge in [-0.15, -0.1) is 35.4 Å². The zero-order chi connectivity index (χ0) is 18.4. The van der Waals surface area contributed by atoms with Gasteiger partial charge in [-0.05, 0) is 44.0 Å². The molecule has 0 aliphatic rings. The Morgan fingerprint density at radius 1 is 1.12 bits per heavy atom. The summed E-state index contributed by atoms with van der Waals surface area (Å²) < 4.78 is 0. The Kier molecular flexibility index (Phi) is 8.37. The molecular formula is C22H22IrNO2-. The summed E-state index contributed by atoms with van der Waals surface area (Å²) in [6.45, 7) is 7.04. The minimum Gasteiger partial charge on any atom is -0.512 e. The van der Waals surface area contributed by atoms with Crippen LogP contribution in [0, 0.1) is 19.9 Å². The van der Waals surface area contributed by atoms with Crippen LogP contribution in [0.2, 0.25) is 0 Å². The summed E-state index contributed by atoms with van der Waals surface area (Å²) in [5.41, 5.74) is 5.58. The molecule has 26 heavy (non-hydrogen) atoms. The molecule has 0 bridgehead atoms. The van der Waals surface area contributed by atoms with Crippen molar-refractivity contribution in [1.29, 1.82) is 0 Å². The van der Waals surface area contributed by atoms with E-state index in [9.17, 15) is 4.79 Å². The van der Waals surface area contributed by atoms with Crippen molar-refractivity contribution in [3.8, 4) is 11.3 Å². The van der Waals surface area contributed by atoms with Crippen LogP contribution < -0.4 is 0 Å². The van der Waals surface area contributed by atoms with E-state index in [0.717, 1.165) is 16.8 Å². The number of hydrogen-bond acceptors (Lipinski definition) is 3. The molecule has 0 saturated carbocycles. The van der Waals surface area contributed by atoms with Gasteiger partial charge in [0.25, 0.3) is 0 Å². The summed E-state index contributed by atoms with van der Waals surface area (Å²) in [5.74, 6) is -0.0625. The van der Waals surface area contributed by atoms with Crippen molar-refractivity contribution in [3.05, 3.63) is 77.6 Å². The first-order valence-corrected chi connectivity index (χ1v) is 8.10. The number of allylic oxidation sites excluding steroid dienone is 2. The van der Waals surface area contributed by atoms with Gasteiger partial charge in [-0.1, -0.05) is 30.7 Å². The molecule has 3 rings (SSSR count). The summed E-state index contributed by atoms with van der Waals surface area (Å²) in [5, 5.41) is 9.55. The van der Waals surface area contributed by atoms with Crippen molar-refractivity contribution < 1.29 is 30.0 Å². The van der Waals surface area contributed by atoms with Gasteiger partial charge in [-0.2, -0.15) is 0 Å². The number of fused-ring (bicyclic) bond motifs is 1. The fourth-order valence-electron chi connectivity index (χ4n) is 2.48. The smallest absolute Gasteiger partial charge is 0.155 e. The maximum atomic E-state index is 10.0. The SMILES string of the molecule is CC(=O)/C=C(/C)O.Cc1ccc2nc(-c3[c-]cccc3C)ccc2c1.[Ir]. The van der Waals surface area contributed by atoms with Crippen LogP contribution in [0.1, 0.15) is 25.0 Å². The number of nitrogens with zero attached hydrogens (tertiary/aromatic N) is 1. The van der Waals surface area contributed by atoms with Gasteiger partial charge in [0.1, 0.15) is 0 Å². The third-order valence-corrected chi connectivity index (χ3v) is 3.58. The number of hydrogen-bond donors (Lipinski definition) is 1. The fraction of sp³-hybridized carbons (Fsp3) is 0.182. The third kappa shape index (κ3) is 6.21. The number of pyridine rings is 1. The van der Waals surface area contributed by atoms with E-state index in [1.807, 2.05) is 12.1 Å². The fourth-order valence-corrected chi connectivity index (χ4v) is 2.48. The first-order valence-electron chi connectivity index (χ1n) is 8.10. The van der Waals surface area contributed by atoms with E-state index in [1.165, 1.54) is 36.4 Å². The Balaban J connectivity index is 0.000000366. The van der Waals surface area contributed by atoms with E-state index in [-0.39, 0.29) is 31.6 Å². The maximum Gasteiger partial charge on any atom is 0.155 e. The van der Waals surface area contributed by atoms with Gasteiger partial charge >= 0.3 is 0 Å². The largest absolute Gasteiger partial charge is 0.512 e. The minimum atomic E-state index is -0.125. The number of aromatic nitrogens is 1. The normalized spacial score (nSPS) is 10.5. The number of ketones is 1. The Labute approximate surface area is 168 Å². The first kappa shape index (κ1) is 21.8. The molecule has 0 saturated heterocycles.